The van der Waals surface area contributed by atoms with Gasteiger partial charge in [-0.2, -0.15) is 0 Å². The number of ether oxygens (including phenoxy) is 1. The molecule has 0 bridgehead atoms. The molecule has 1 aliphatic heterocycles. The van der Waals surface area contributed by atoms with Crippen molar-refractivity contribution in [3.05, 3.63) is 23.8 Å². The lowest BCUT2D eigenvalue weighted by Gasteiger charge is -2.33. The molecule has 2 amide bonds. The lowest BCUT2D eigenvalue weighted by Crippen LogP contribution is -2.49. The van der Waals surface area contributed by atoms with Crippen LogP contribution in [0.3, 0.4) is 0 Å². The molecule has 2 atom stereocenters. The van der Waals surface area contributed by atoms with E-state index in [0.717, 1.165) is 6.42 Å². The molecule has 1 aromatic rings. The van der Waals surface area contributed by atoms with Crippen LogP contribution in [0.15, 0.2) is 18.2 Å². The third-order valence-electron chi connectivity index (χ3n) is 3.74. The molecule has 7 heteroatoms. The third kappa shape index (κ3) is 3.61. The smallest absolute Gasteiger partial charge is 0.335 e. The van der Waals surface area contributed by atoms with E-state index in [2.05, 4.69) is 5.32 Å². The number of carbonyl (C=O) groups is 3. The summed E-state index contributed by atoms with van der Waals surface area (Å²) in [5.41, 5.74) is 0.465. The Bertz CT molecular complexity index is 643. The summed E-state index contributed by atoms with van der Waals surface area (Å²) in [5.74, 6) is -1.40. The van der Waals surface area contributed by atoms with Crippen molar-refractivity contribution in [1.29, 1.82) is 0 Å². The maximum atomic E-state index is 12.3. The van der Waals surface area contributed by atoms with Crippen LogP contribution >= 0.6 is 0 Å². The van der Waals surface area contributed by atoms with Gasteiger partial charge < -0.3 is 15.2 Å². The number of anilines is 1. The molecule has 0 aliphatic carbocycles. The summed E-state index contributed by atoms with van der Waals surface area (Å²) >= 11 is 0. The maximum Gasteiger partial charge on any atom is 0.335 e. The first-order chi connectivity index (χ1) is 10.8. The Morgan fingerprint density at radius 1 is 1.43 bits per heavy atom. The van der Waals surface area contributed by atoms with Crippen LogP contribution in [-0.4, -0.2) is 41.6 Å². The SMILES string of the molecule is CCC(C)NC(=O)CN1C(=O)C(C)Oc2cc(C(=O)O)ccc21. The van der Waals surface area contributed by atoms with Gasteiger partial charge >= 0.3 is 5.97 Å². The number of benzene rings is 1. The fourth-order valence-electron chi connectivity index (χ4n) is 2.27. The van der Waals surface area contributed by atoms with Crippen molar-refractivity contribution in [2.24, 2.45) is 0 Å². The molecule has 1 aliphatic rings. The van der Waals surface area contributed by atoms with E-state index in [1.54, 1.807) is 6.92 Å². The van der Waals surface area contributed by atoms with Gasteiger partial charge in [0.15, 0.2) is 6.10 Å². The summed E-state index contributed by atoms with van der Waals surface area (Å²) in [4.78, 5) is 36.8. The van der Waals surface area contributed by atoms with Gasteiger partial charge in [0.25, 0.3) is 5.91 Å². The molecule has 0 saturated heterocycles. The minimum atomic E-state index is -1.08. The number of carboxylic acids is 1. The Morgan fingerprint density at radius 3 is 2.74 bits per heavy atom. The van der Waals surface area contributed by atoms with E-state index in [9.17, 15) is 14.4 Å². The van der Waals surface area contributed by atoms with Crippen molar-refractivity contribution in [2.75, 3.05) is 11.4 Å². The minimum absolute atomic E-state index is 0.0184. The largest absolute Gasteiger partial charge is 0.479 e. The number of fused-ring (bicyclic) bond motifs is 1. The second kappa shape index (κ2) is 6.68. The Labute approximate surface area is 134 Å². The van der Waals surface area contributed by atoms with Gasteiger partial charge in [0.05, 0.1) is 11.3 Å². The van der Waals surface area contributed by atoms with E-state index in [1.165, 1.54) is 23.1 Å². The standard InChI is InChI=1S/C16H20N2O5/c1-4-9(2)17-14(19)8-18-12-6-5-11(16(21)22)7-13(12)23-10(3)15(18)20/h5-7,9-10H,4,8H2,1-3H3,(H,17,19)(H,21,22). The van der Waals surface area contributed by atoms with E-state index >= 15 is 0 Å². The average molecular weight is 320 g/mol. The molecular weight excluding hydrogens is 300 g/mol. The first-order valence-electron chi connectivity index (χ1n) is 7.48. The molecule has 7 nitrogen and oxygen atoms in total. The van der Waals surface area contributed by atoms with E-state index in [0.29, 0.717) is 5.69 Å². The lowest BCUT2D eigenvalue weighted by molar-refractivity contribution is -0.128. The van der Waals surface area contributed by atoms with E-state index < -0.39 is 12.1 Å². The number of hydrogen-bond donors (Lipinski definition) is 2. The third-order valence-corrected chi connectivity index (χ3v) is 3.74. The number of carbonyl (C=O) groups excluding carboxylic acids is 2. The Hall–Kier alpha value is -2.57. The van der Waals surface area contributed by atoms with Crippen LogP contribution in [0.2, 0.25) is 0 Å². The molecule has 2 rings (SSSR count). The summed E-state index contributed by atoms with van der Waals surface area (Å²) in [6, 6.07) is 4.25. The van der Waals surface area contributed by atoms with Crippen LogP contribution in [0, 0.1) is 0 Å². The molecule has 1 heterocycles. The average Bonchev–Trinajstić information content (AvgIpc) is 2.50. The summed E-state index contributed by atoms with van der Waals surface area (Å²) in [7, 11) is 0. The van der Waals surface area contributed by atoms with Gasteiger partial charge in [0, 0.05) is 6.04 Å². The highest BCUT2D eigenvalue weighted by Gasteiger charge is 2.33. The first kappa shape index (κ1) is 16.8. The minimum Gasteiger partial charge on any atom is -0.479 e. The van der Waals surface area contributed by atoms with Crippen LogP contribution in [0.1, 0.15) is 37.6 Å². The quantitative estimate of drug-likeness (QED) is 0.855. The zero-order valence-electron chi connectivity index (χ0n) is 13.3. The molecule has 0 saturated carbocycles. The van der Waals surface area contributed by atoms with Crippen molar-refractivity contribution < 1.29 is 24.2 Å². The molecule has 2 N–H and O–H groups in total. The Balaban J connectivity index is 2.28. The number of hydrogen-bond acceptors (Lipinski definition) is 4. The predicted molar refractivity (Wildman–Crippen MR) is 83.7 cm³/mol. The normalized spacial score (nSPS) is 18.0. The molecular formula is C16H20N2O5. The molecule has 0 radical (unpaired) electrons. The highest BCUT2D eigenvalue weighted by atomic mass is 16.5. The Kier molecular flexibility index (Phi) is 4.88. The fourth-order valence-corrected chi connectivity index (χ4v) is 2.27. The number of amides is 2. The van der Waals surface area contributed by atoms with Crippen molar-refractivity contribution in [3.8, 4) is 5.75 Å². The summed E-state index contributed by atoms with van der Waals surface area (Å²) in [6.07, 6.45) is 0.0144. The Morgan fingerprint density at radius 2 is 2.13 bits per heavy atom. The van der Waals surface area contributed by atoms with Gasteiger partial charge in [-0.3, -0.25) is 14.5 Å². The zero-order valence-corrected chi connectivity index (χ0v) is 13.3. The number of aromatic carboxylic acids is 1. The molecule has 23 heavy (non-hydrogen) atoms. The van der Waals surface area contributed by atoms with Gasteiger partial charge in [-0.15, -0.1) is 0 Å². The van der Waals surface area contributed by atoms with Crippen molar-refractivity contribution in [3.63, 3.8) is 0 Å². The molecule has 1 aromatic carbocycles. The lowest BCUT2D eigenvalue weighted by atomic mass is 10.1. The molecule has 2 unspecified atom stereocenters. The van der Waals surface area contributed by atoms with Gasteiger partial charge in [0.2, 0.25) is 5.91 Å². The van der Waals surface area contributed by atoms with Crippen LogP contribution in [0.5, 0.6) is 5.75 Å². The summed E-state index contributed by atoms with van der Waals surface area (Å²) < 4.78 is 5.46. The van der Waals surface area contributed by atoms with Gasteiger partial charge in [-0.05, 0) is 38.5 Å². The number of carboxylic acid groups (broad SMARTS) is 1. The van der Waals surface area contributed by atoms with Crippen molar-refractivity contribution in [2.45, 2.75) is 39.3 Å². The highest BCUT2D eigenvalue weighted by molar-refractivity contribution is 6.04. The first-order valence-corrected chi connectivity index (χ1v) is 7.48. The van der Waals surface area contributed by atoms with Crippen LogP contribution < -0.4 is 15.0 Å². The van der Waals surface area contributed by atoms with E-state index in [1.807, 2.05) is 13.8 Å². The van der Waals surface area contributed by atoms with Gasteiger partial charge in [0.1, 0.15) is 12.3 Å². The molecule has 0 spiro atoms. The van der Waals surface area contributed by atoms with E-state index in [4.69, 9.17) is 9.84 Å². The van der Waals surface area contributed by atoms with Crippen LogP contribution in [-0.2, 0) is 9.59 Å². The number of rotatable bonds is 5. The maximum absolute atomic E-state index is 12.3. The van der Waals surface area contributed by atoms with Gasteiger partial charge in [-0.25, -0.2) is 4.79 Å². The molecule has 0 fully saturated rings. The van der Waals surface area contributed by atoms with Crippen LogP contribution in [0.25, 0.3) is 0 Å². The summed E-state index contributed by atoms with van der Waals surface area (Å²) in [6.45, 7) is 5.28. The van der Waals surface area contributed by atoms with Gasteiger partial charge in [-0.1, -0.05) is 6.92 Å². The van der Waals surface area contributed by atoms with E-state index in [-0.39, 0.29) is 35.7 Å². The van der Waals surface area contributed by atoms with Crippen molar-refractivity contribution >= 4 is 23.5 Å². The van der Waals surface area contributed by atoms with Crippen LogP contribution in [0.4, 0.5) is 5.69 Å². The molecule has 0 aromatic heterocycles. The summed E-state index contributed by atoms with van der Waals surface area (Å²) in [5, 5.41) is 11.8. The second-order valence-corrected chi connectivity index (χ2v) is 5.55. The monoisotopic (exact) mass is 320 g/mol. The van der Waals surface area contributed by atoms with Crippen molar-refractivity contribution in [1.82, 2.24) is 5.32 Å². The highest BCUT2D eigenvalue weighted by Crippen LogP contribution is 2.34. The second-order valence-electron chi connectivity index (χ2n) is 5.55. The predicted octanol–water partition coefficient (Wildman–Crippen LogP) is 1.41. The number of nitrogens with one attached hydrogen (secondary N) is 1. The fraction of sp³-hybridized carbons (Fsp3) is 0.438. The zero-order chi connectivity index (χ0) is 17.1. The number of nitrogens with zero attached hydrogens (tertiary/aromatic N) is 1. The topological polar surface area (TPSA) is 95.9 Å². The molecule has 124 valence electrons.